The molecule has 1 fully saturated rings. The van der Waals surface area contributed by atoms with Gasteiger partial charge in [0.1, 0.15) is 5.75 Å². The van der Waals surface area contributed by atoms with Crippen molar-refractivity contribution in [3.63, 3.8) is 0 Å². The van der Waals surface area contributed by atoms with Crippen molar-refractivity contribution in [1.29, 1.82) is 0 Å². The van der Waals surface area contributed by atoms with Crippen LogP contribution in [0.1, 0.15) is 19.3 Å². The van der Waals surface area contributed by atoms with Gasteiger partial charge in [0.15, 0.2) is 0 Å². The van der Waals surface area contributed by atoms with Crippen molar-refractivity contribution in [3.05, 3.63) is 0 Å². The second-order valence-electron chi connectivity index (χ2n) is 3.76. The van der Waals surface area contributed by atoms with E-state index in [2.05, 4.69) is 0 Å². The van der Waals surface area contributed by atoms with Crippen LogP contribution in [0.3, 0.4) is 0 Å². The van der Waals surface area contributed by atoms with E-state index in [0.717, 1.165) is 25.9 Å². The maximum atomic E-state index is 10.5. The Morgan fingerprint density at radius 3 is 2.29 bits per heavy atom. The predicted molar refractivity (Wildman–Crippen MR) is 52.7 cm³/mol. The summed E-state index contributed by atoms with van der Waals surface area (Å²) in [5.74, 6) is -0.566. The normalized spacial score (nSPS) is 22.1. The molecule has 6 heteroatoms. The van der Waals surface area contributed by atoms with Crippen LogP contribution in [0.5, 0.6) is 0 Å². The average Bonchev–Trinajstić information content (AvgIpc) is 2.02. The van der Waals surface area contributed by atoms with E-state index in [9.17, 15) is 13.5 Å². The molecular weight excluding hydrogens is 206 g/mol. The zero-order chi connectivity index (χ0) is 10.6. The number of hydrogen-bond acceptors (Lipinski definition) is 4. The lowest BCUT2D eigenvalue weighted by Gasteiger charge is -2.27. The molecule has 1 atom stereocenters. The lowest BCUT2D eigenvalue weighted by molar-refractivity contribution is 0.114. The largest absolute Gasteiger partial charge is 0.391 e. The lowest BCUT2D eigenvalue weighted by atomic mass is 10.1. The Balaban J connectivity index is 2.28. The fourth-order valence-corrected chi connectivity index (χ4v) is 2.33. The van der Waals surface area contributed by atoms with E-state index < -0.39 is 22.0 Å². The fourth-order valence-electron chi connectivity index (χ4n) is 1.74. The summed E-state index contributed by atoms with van der Waals surface area (Å²) in [6.45, 7) is 2.14. The Morgan fingerprint density at radius 2 is 1.79 bits per heavy atom. The summed E-state index contributed by atoms with van der Waals surface area (Å²) in [6.07, 6.45) is 2.41. The molecule has 1 rings (SSSR count). The van der Waals surface area contributed by atoms with Crippen LogP contribution in [0.4, 0.5) is 0 Å². The molecule has 5 nitrogen and oxygen atoms in total. The second-order valence-corrected chi connectivity index (χ2v) is 5.26. The van der Waals surface area contributed by atoms with Crippen LogP contribution in [0.2, 0.25) is 0 Å². The van der Waals surface area contributed by atoms with Crippen LogP contribution in [0.25, 0.3) is 0 Å². The van der Waals surface area contributed by atoms with Gasteiger partial charge in [-0.05, 0) is 25.9 Å². The van der Waals surface area contributed by atoms with Gasteiger partial charge in [-0.2, -0.15) is 8.42 Å². The molecule has 2 N–H and O–H groups in total. The quantitative estimate of drug-likeness (QED) is 0.641. The molecule has 0 aliphatic carbocycles. The number of piperidine rings is 1. The highest BCUT2D eigenvalue weighted by Gasteiger charge is 2.18. The standard InChI is InChI=1S/C8H17NO4S/c10-8(7-14(11,12)13)6-9-4-2-1-3-5-9/h8,10H,1-7H2,(H,11,12,13). The minimum Gasteiger partial charge on any atom is -0.391 e. The van der Waals surface area contributed by atoms with Crippen molar-refractivity contribution in [2.45, 2.75) is 25.4 Å². The second kappa shape index (κ2) is 5.06. The molecule has 1 aliphatic rings. The number of β-amino-alcohol motifs (C(OH)–C–C–N with tert-alkyl or cyclic N) is 1. The zero-order valence-corrected chi connectivity index (χ0v) is 8.91. The highest BCUT2D eigenvalue weighted by molar-refractivity contribution is 7.85. The van der Waals surface area contributed by atoms with Gasteiger partial charge in [-0.3, -0.25) is 4.55 Å². The van der Waals surface area contributed by atoms with Gasteiger partial charge in [0, 0.05) is 6.54 Å². The Labute approximate surface area is 84.5 Å². The van der Waals surface area contributed by atoms with E-state index in [1.165, 1.54) is 6.42 Å². The number of hydrogen-bond donors (Lipinski definition) is 2. The van der Waals surface area contributed by atoms with Crippen molar-refractivity contribution in [1.82, 2.24) is 4.90 Å². The molecule has 1 aliphatic heterocycles. The number of rotatable bonds is 4. The molecule has 0 aromatic rings. The van der Waals surface area contributed by atoms with Crippen molar-refractivity contribution < 1.29 is 18.1 Å². The first-order valence-corrected chi connectivity index (χ1v) is 6.44. The van der Waals surface area contributed by atoms with Gasteiger partial charge in [0.2, 0.25) is 0 Å². The highest BCUT2D eigenvalue weighted by atomic mass is 32.2. The summed E-state index contributed by atoms with van der Waals surface area (Å²) in [5, 5.41) is 9.36. The van der Waals surface area contributed by atoms with Crippen LogP contribution >= 0.6 is 0 Å². The Kier molecular flexibility index (Phi) is 4.31. The molecule has 14 heavy (non-hydrogen) atoms. The smallest absolute Gasteiger partial charge is 0.267 e. The molecular formula is C8H17NO4S. The van der Waals surface area contributed by atoms with Gasteiger partial charge in [0.05, 0.1) is 6.10 Å². The van der Waals surface area contributed by atoms with Crippen LogP contribution in [-0.2, 0) is 10.1 Å². The van der Waals surface area contributed by atoms with Gasteiger partial charge < -0.3 is 10.0 Å². The Morgan fingerprint density at radius 1 is 1.21 bits per heavy atom. The van der Waals surface area contributed by atoms with Crippen LogP contribution < -0.4 is 0 Å². The molecule has 0 aromatic carbocycles. The minimum absolute atomic E-state index is 0.333. The van der Waals surface area contributed by atoms with Gasteiger partial charge in [0.25, 0.3) is 10.1 Å². The number of likely N-dealkylation sites (tertiary alicyclic amines) is 1. The third kappa shape index (κ3) is 4.90. The summed E-state index contributed by atoms with van der Waals surface area (Å²) >= 11 is 0. The number of aliphatic hydroxyl groups excluding tert-OH is 1. The first-order valence-electron chi connectivity index (χ1n) is 4.83. The monoisotopic (exact) mass is 223 g/mol. The molecule has 0 aromatic heterocycles. The summed E-state index contributed by atoms with van der Waals surface area (Å²) in [6, 6.07) is 0. The van der Waals surface area contributed by atoms with E-state index in [-0.39, 0.29) is 0 Å². The average molecular weight is 223 g/mol. The van der Waals surface area contributed by atoms with Crippen molar-refractivity contribution >= 4 is 10.1 Å². The predicted octanol–water partition coefficient (Wildman–Crippen LogP) is -0.279. The van der Waals surface area contributed by atoms with Gasteiger partial charge in [-0.25, -0.2) is 0 Å². The molecule has 0 saturated carbocycles. The molecule has 0 radical (unpaired) electrons. The third-order valence-electron chi connectivity index (χ3n) is 2.32. The van der Waals surface area contributed by atoms with E-state index in [1.54, 1.807) is 0 Å². The number of nitrogens with zero attached hydrogens (tertiary/aromatic N) is 1. The molecule has 1 saturated heterocycles. The maximum Gasteiger partial charge on any atom is 0.267 e. The minimum atomic E-state index is -4.05. The van der Waals surface area contributed by atoms with Gasteiger partial charge in [-0.15, -0.1) is 0 Å². The summed E-state index contributed by atoms with van der Waals surface area (Å²) in [5.41, 5.74) is 0. The Hall–Kier alpha value is -0.170. The summed E-state index contributed by atoms with van der Waals surface area (Å²) in [7, 11) is -4.05. The van der Waals surface area contributed by atoms with Crippen molar-refractivity contribution in [3.8, 4) is 0 Å². The lowest BCUT2D eigenvalue weighted by Crippen LogP contribution is -2.39. The first kappa shape index (κ1) is 11.9. The van der Waals surface area contributed by atoms with Crippen molar-refractivity contribution in [2.24, 2.45) is 0 Å². The molecule has 1 unspecified atom stereocenters. The van der Waals surface area contributed by atoms with Crippen molar-refractivity contribution in [2.75, 3.05) is 25.4 Å². The first-order chi connectivity index (χ1) is 6.47. The van der Waals surface area contributed by atoms with Crippen LogP contribution in [0, 0.1) is 0 Å². The fraction of sp³-hybridized carbons (Fsp3) is 1.00. The van der Waals surface area contributed by atoms with Crippen LogP contribution in [-0.4, -0.2) is 54.5 Å². The van der Waals surface area contributed by atoms with Crippen LogP contribution in [0.15, 0.2) is 0 Å². The van der Waals surface area contributed by atoms with E-state index in [4.69, 9.17) is 4.55 Å². The Bertz CT molecular complexity index is 259. The van der Waals surface area contributed by atoms with E-state index in [0.29, 0.717) is 6.54 Å². The summed E-state index contributed by atoms with van der Waals surface area (Å²) in [4.78, 5) is 2.03. The molecule has 1 heterocycles. The third-order valence-corrected chi connectivity index (χ3v) is 3.13. The van der Waals surface area contributed by atoms with Gasteiger partial charge >= 0.3 is 0 Å². The summed E-state index contributed by atoms with van der Waals surface area (Å²) < 4.78 is 29.4. The molecule has 0 spiro atoms. The van der Waals surface area contributed by atoms with E-state index in [1.807, 2.05) is 4.90 Å². The zero-order valence-electron chi connectivity index (χ0n) is 8.09. The highest BCUT2D eigenvalue weighted by Crippen LogP contribution is 2.09. The number of aliphatic hydroxyl groups is 1. The topological polar surface area (TPSA) is 77.8 Å². The van der Waals surface area contributed by atoms with E-state index >= 15 is 0 Å². The molecule has 84 valence electrons. The SMILES string of the molecule is O=S(=O)(O)CC(O)CN1CCCCC1. The maximum absolute atomic E-state index is 10.5. The van der Waals surface area contributed by atoms with Gasteiger partial charge in [-0.1, -0.05) is 6.42 Å². The molecule has 0 bridgehead atoms. The molecule has 0 amide bonds.